The van der Waals surface area contributed by atoms with Gasteiger partial charge in [-0.15, -0.1) is 0 Å². The van der Waals surface area contributed by atoms with Crippen molar-refractivity contribution in [1.82, 2.24) is 10.2 Å². The van der Waals surface area contributed by atoms with Crippen molar-refractivity contribution < 1.29 is 4.79 Å². The number of hydrogen-bond donors (Lipinski definition) is 1. The van der Waals surface area contributed by atoms with Crippen molar-refractivity contribution in [1.29, 1.82) is 0 Å². The average Bonchev–Trinajstić information content (AvgIpc) is 2.40. The van der Waals surface area contributed by atoms with E-state index in [1.54, 1.807) is 0 Å². The first-order valence-electron chi connectivity index (χ1n) is 5.72. The Hall–Kier alpha value is -0.730. The number of nitrogens with zero attached hydrogens (tertiary/aromatic N) is 1. The summed E-state index contributed by atoms with van der Waals surface area (Å²) in [5.41, 5.74) is 0. The summed E-state index contributed by atoms with van der Waals surface area (Å²) in [7, 11) is 0. The van der Waals surface area contributed by atoms with Crippen LogP contribution in [0.3, 0.4) is 0 Å². The minimum atomic E-state index is 0.158. The number of carbonyl (C=O) groups excluding carboxylic acids is 1. The second-order valence-electron chi connectivity index (χ2n) is 4.94. The highest BCUT2D eigenvalue weighted by atomic mass is 16.2. The molecule has 2 rings (SSSR count). The lowest BCUT2D eigenvalue weighted by molar-refractivity contribution is 0.194. The highest BCUT2D eigenvalue weighted by molar-refractivity contribution is 5.75. The lowest BCUT2D eigenvalue weighted by Crippen LogP contribution is -2.46. The maximum Gasteiger partial charge on any atom is 0.317 e. The Morgan fingerprint density at radius 3 is 2.21 bits per heavy atom. The van der Waals surface area contributed by atoms with Gasteiger partial charge < -0.3 is 10.2 Å². The Morgan fingerprint density at radius 2 is 1.79 bits per heavy atom. The van der Waals surface area contributed by atoms with Crippen molar-refractivity contribution in [2.75, 3.05) is 13.1 Å². The third-order valence-corrected chi connectivity index (χ3v) is 3.71. The number of nitrogens with one attached hydrogen (secondary N) is 1. The Bertz CT molecular complexity index is 215. The van der Waals surface area contributed by atoms with Crippen molar-refractivity contribution in [3.63, 3.8) is 0 Å². The quantitative estimate of drug-likeness (QED) is 0.682. The second-order valence-corrected chi connectivity index (χ2v) is 4.94. The fourth-order valence-electron chi connectivity index (χ4n) is 2.11. The Kier molecular flexibility index (Phi) is 2.66. The van der Waals surface area contributed by atoms with Crippen LogP contribution in [0.4, 0.5) is 4.79 Å². The zero-order valence-electron chi connectivity index (χ0n) is 9.12. The fraction of sp³-hybridized carbons (Fsp3) is 0.909. The molecule has 1 aliphatic heterocycles. The van der Waals surface area contributed by atoms with Gasteiger partial charge in [0.2, 0.25) is 0 Å². The summed E-state index contributed by atoms with van der Waals surface area (Å²) < 4.78 is 0. The molecule has 0 aromatic rings. The van der Waals surface area contributed by atoms with Crippen molar-refractivity contribution >= 4 is 6.03 Å². The van der Waals surface area contributed by atoms with Gasteiger partial charge in [-0.2, -0.15) is 0 Å². The standard InChI is InChI=1S/C11H20N2O/c1-8-6-13(7-9(8)2)11(14)12-10-4-3-5-10/h8-10H,3-7H2,1-2H3,(H,12,14). The van der Waals surface area contributed by atoms with Crippen LogP contribution in [0, 0.1) is 11.8 Å². The predicted molar refractivity (Wildman–Crippen MR) is 56.1 cm³/mol. The number of amides is 2. The van der Waals surface area contributed by atoms with Gasteiger partial charge in [0.15, 0.2) is 0 Å². The van der Waals surface area contributed by atoms with Gasteiger partial charge >= 0.3 is 6.03 Å². The van der Waals surface area contributed by atoms with Gasteiger partial charge in [-0.3, -0.25) is 0 Å². The highest BCUT2D eigenvalue weighted by Gasteiger charge is 2.30. The van der Waals surface area contributed by atoms with E-state index in [0.29, 0.717) is 17.9 Å². The summed E-state index contributed by atoms with van der Waals surface area (Å²) in [6.07, 6.45) is 3.62. The average molecular weight is 196 g/mol. The molecule has 2 aliphatic rings. The molecule has 1 N–H and O–H groups in total. The first-order valence-corrected chi connectivity index (χ1v) is 5.72. The van der Waals surface area contributed by atoms with E-state index in [1.807, 2.05) is 4.90 Å². The summed E-state index contributed by atoms with van der Waals surface area (Å²) in [6.45, 7) is 6.31. The monoisotopic (exact) mass is 196 g/mol. The molecule has 0 aromatic carbocycles. The van der Waals surface area contributed by atoms with E-state index in [1.165, 1.54) is 19.3 Å². The molecular formula is C11H20N2O. The number of carbonyl (C=O) groups is 1. The van der Waals surface area contributed by atoms with E-state index in [2.05, 4.69) is 19.2 Å². The van der Waals surface area contributed by atoms with E-state index in [4.69, 9.17) is 0 Å². The van der Waals surface area contributed by atoms with Crippen molar-refractivity contribution in [3.05, 3.63) is 0 Å². The molecule has 14 heavy (non-hydrogen) atoms. The zero-order valence-corrected chi connectivity index (χ0v) is 9.12. The van der Waals surface area contributed by atoms with E-state index in [9.17, 15) is 4.79 Å². The van der Waals surface area contributed by atoms with Crippen molar-refractivity contribution in [2.45, 2.75) is 39.2 Å². The summed E-state index contributed by atoms with van der Waals surface area (Å²) in [4.78, 5) is 13.7. The van der Waals surface area contributed by atoms with Crippen molar-refractivity contribution in [2.24, 2.45) is 11.8 Å². The molecule has 0 spiro atoms. The minimum Gasteiger partial charge on any atom is -0.335 e. The SMILES string of the molecule is CC1CN(C(=O)NC2CCC2)CC1C. The molecule has 3 heteroatoms. The summed E-state index contributed by atoms with van der Waals surface area (Å²) in [5.74, 6) is 1.31. The molecular weight excluding hydrogens is 176 g/mol. The molecule has 1 saturated carbocycles. The zero-order chi connectivity index (χ0) is 10.1. The predicted octanol–water partition coefficient (Wildman–Crippen LogP) is 1.84. The molecule has 3 nitrogen and oxygen atoms in total. The molecule has 2 unspecified atom stereocenters. The maximum absolute atomic E-state index is 11.8. The topological polar surface area (TPSA) is 32.3 Å². The first-order chi connectivity index (χ1) is 6.66. The number of urea groups is 1. The van der Waals surface area contributed by atoms with Gasteiger partial charge in [0.05, 0.1) is 0 Å². The minimum absolute atomic E-state index is 0.158. The van der Waals surface area contributed by atoms with E-state index in [0.717, 1.165) is 13.1 Å². The van der Waals surface area contributed by atoms with E-state index < -0.39 is 0 Å². The van der Waals surface area contributed by atoms with Gasteiger partial charge in [-0.1, -0.05) is 13.8 Å². The van der Waals surface area contributed by atoms with Crippen LogP contribution in [0.15, 0.2) is 0 Å². The molecule has 0 radical (unpaired) electrons. The van der Waals surface area contributed by atoms with Crippen LogP contribution in [0.1, 0.15) is 33.1 Å². The van der Waals surface area contributed by atoms with Gasteiger partial charge in [0, 0.05) is 19.1 Å². The van der Waals surface area contributed by atoms with E-state index in [-0.39, 0.29) is 6.03 Å². The number of rotatable bonds is 1. The van der Waals surface area contributed by atoms with E-state index >= 15 is 0 Å². The molecule has 1 aliphatic carbocycles. The Labute approximate surface area is 85.8 Å². The molecule has 1 heterocycles. The van der Waals surface area contributed by atoms with Crippen LogP contribution in [0.25, 0.3) is 0 Å². The Balaban J connectivity index is 1.80. The smallest absolute Gasteiger partial charge is 0.317 e. The van der Waals surface area contributed by atoms with Gasteiger partial charge in [0.25, 0.3) is 0 Å². The lowest BCUT2D eigenvalue weighted by atomic mass is 9.93. The van der Waals surface area contributed by atoms with Gasteiger partial charge in [-0.05, 0) is 31.1 Å². The molecule has 2 amide bonds. The molecule has 2 fully saturated rings. The van der Waals surface area contributed by atoms with Crippen molar-refractivity contribution in [3.8, 4) is 0 Å². The fourth-order valence-corrected chi connectivity index (χ4v) is 2.11. The largest absolute Gasteiger partial charge is 0.335 e. The highest BCUT2D eigenvalue weighted by Crippen LogP contribution is 2.23. The molecule has 80 valence electrons. The van der Waals surface area contributed by atoms with Crippen LogP contribution in [-0.2, 0) is 0 Å². The van der Waals surface area contributed by atoms with Crippen LogP contribution >= 0.6 is 0 Å². The third-order valence-electron chi connectivity index (χ3n) is 3.71. The van der Waals surface area contributed by atoms with Crippen LogP contribution < -0.4 is 5.32 Å². The van der Waals surface area contributed by atoms with Crippen LogP contribution in [-0.4, -0.2) is 30.1 Å². The number of hydrogen-bond acceptors (Lipinski definition) is 1. The second kappa shape index (κ2) is 3.79. The van der Waals surface area contributed by atoms with Gasteiger partial charge in [0.1, 0.15) is 0 Å². The molecule has 1 saturated heterocycles. The maximum atomic E-state index is 11.8. The summed E-state index contributed by atoms with van der Waals surface area (Å²) in [6, 6.07) is 0.625. The summed E-state index contributed by atoms with van der Waals surface area (Å²) >= 11 is 0. The molecule has 2 atom stereocenters. The lowest BCUT2D eigenvalue weighted by Gasteiger charge is -2.29. The van der Waals surface area contributed by atoms with Crippen LogP contribution in [0.5, 0.6) is 0 Å². The third kappa shape index (κ3) is 1.86. The Morgan fingerprint density at radius 1 is 1.21 bits per heavy atom. The molecule has 0 bridgehead atoms. The first kappa shape index (κ1) is 9.81. The summed E-state index contributed by atoms with van der Waals surface area (Å²) in [5, 5.41) is 3.09. The number of likely N-dealkylation sites (tertiary alicyclic amines) is 1. The van der Waals surface area contributed by atoms with Crippen LogP contribution in [0.2, 0.25) is 0 Å². The van der Waals surface area contributed by atoms with Gasteiger partial charge in [-0.25, -0.2) is 4.79 Å². The normalized spacial score (nSPS) is 32.9. The molecule has 0 aromatic heterocycles.